The summed E-state index contributed by atoms with van der Waals surface area (Å²) >= 11 is 0. The molecule has 0 aromatic heterocycles. The lowest BCUT2D eigenvalue weighted by molar-refractivity contribution is 0.370. The SMILES string of the molecule is Nc1cccc(OCC#Cc2ccccc2)c1. The molecule has 17 heavy (non-hydrogen) atoms. The summed E-state index contributed by atoms with van der Waals surface area (Å²) in [6.07, 6.45) is 0. The Hall–Kier alpha value is -2.40. The molecule has 0 aliphatic carbocycles. The molecule has 0 bridgehead atoms. The molecule has 0 saturated heterocycles. The van der Waals surface area contributed by atoms with Gasteiger partial charge in [0.2, 0.25) is 0 Å². The van der Waals surface area contributed by atoms with E-state index >= 15 is 0 Å². The van der Waals surface area contributed by atoms with Crippen LogP contribution in [0.5, 0.6) is 5.75 Å². The molecule has 2 heteroatoms. The van der Waals surface area contributed by atoms with Crippen molar-refractivity contribution < 1.29 is 4.74 Å². The van der Waals surface area contributed by atoms with E-state index in [1.807, 2.05) is 48.5 Å². The maximum absolute atomic E-state index is 5.64. The van der Waals surface area contributed by atoms with E-state index in [1.54, 1.807) is 6.07 Å². The number of hydrogen-bond donors (Lipinski definition) is 1. The van der Waals surface area contributed by atoms with Gasteiger partial charge >= 0.3 is 0 Å². The topological polar surface area (TPSA) is 35.2 Å². The Labute approximate surface area is 101 Å². The van der Waals surface area contributed by atoms with Gasteiger partial charge in [-0.15, -0.1) is 0 Å². The second-order valence-corrected chi connectivity index (χ2v) is 3.53. The summed E-state index contributed by atoms with van der Waals surface area (Å²) in [7, 11) is 0. The first-order valence-electron chi connectivity index (χ1n) is 5.37. The van der Waals surface area contributed by atoms with E-state index in [4.69, 9.17) is 10.5 Å². The third kappa shape index (κ3) is 3.58. The number of ether oxygens (including phenoxy) is 1. The number of benzene rings is 2. The monoisotopic (exact) mass is 223 g/mol. The lowest BCUT2D eigenvalue weighted by atomic mass is 10.2. The van der Waals surface area contributed by atoms with Crippen molar-refractivity contribution in [2.45, 2.75) is 0 Å². The summed E-state index contributed by atoms with van der Waals surface area (Å²) in [5, 5.41) is 0. The van der Waals surface area contributed by atoms with Crippen LogP contribution in [0.4, 0.5) is 5.69 Å². The van der Waals surface area contributed by atoms with Crippen LogP contribution >= 0.6 is 0 Å². The van der Waals surface area contributed by atoms with Crippen molar-refractivity contribution >= 4 is 5.69 Å². The molecular formula is C15H13NO. The lowest BCUT2D eigenvalue weighted by Crippen LogP contribution is -1.94. The van der Waals surface area contributed by atoms with Gasteiger partial charge in [0.15, 0.2) is 0 Å². The number of nitrogens with two attached hydrogens (primary N) is 1. The average Bonchev–Trinajstić information content (AvgIpc) is 2.36. The first kappa shape index (κ1) is 11.1. The highest BCUT2D eigenvalue weighted by Gasteiger charge is 1.91. The second-order valence-electron chi connectivity index (χ2n) is 3.53. The molecule has 2 nitrogen and oxygen atoms in total. The van der Waals surface area contributed by atoms with E-state index in [-0.39, 0.29) is 0 Å². The van der Waals surface area contributed by atoms with E-state index in [1.165, 1.54) is 0 Å². The molecule has 0 spiro atoms. The zero-order chi connectivity index (χ0) is 11.9. The Bertz CT molecular complexity index is 538. The molecule has 84 valence electrons. The van der Waals surface area contributed by atoms with Crippen LogP contribution in [-0.4, -0.2) is 6.61 Å². The number of nitrogen functional groups attached to an aromatic ring is 1. The van der Waals surface area contributed by atoms with Gasteiger partial charge in [0, 0.05) is 17.3 Å². The molecule has 0 aliphatic heterocycles. The van der Waals surface area contributed by atoms with Gasteiger partial charge in [0.25, 0.3) is 0 Å². The number of rotatable bonds is 2. The van der Waals surface area contributed by atoms with Gasteiger partial charge in [-0.25, -0.2) is 0 Å². The maximum atomic E-state index is 5.64. The van der Waals surface area contributed by atoms with Crippen molar-refractivity contribution in [3.63, 3.8) is 0 Å². The molecule has 0 radical (unpaired) electrons. The predicted molar refractivity (Wildman–Crippen MR) is 69.7 cm³/mol. The smallest absolute Gasteiger partial charge is 0.149 e. The molecule has 2 aromatic rings. The lowest BCUT2D eigenvalue weighted by Gasteiger charge is -2.01. The third-order valence-electron chi connectivity index (χ3n) is 2.18. The maximum Gasteiger partial charge on any atom is 0.149 e. The Morgan fingerprint density at radius 3 is 2.59 bits per heavy atom. The van der Waals surface area contributed by atoms with Crippen LogP contribution in [-0.2, 0) is 0 Å². The summed E-state index contributed by atoms with van der Waals surface area (Å²) in [5.74, 6) is 6.72. The van der Waals surface area contributed by atoms with Crippen LogP contribution in [0.25, 0.3) is 0 Å². The van der Waals surface area contributed by atoms with Gasteiger partial charge in [-0.1, -0.05) is 36.1 Å². The molecule has 0 atom stereocenters. The van der Waals surface area contributed by atoms with E-state index in [0.717, 1.165) is 11.3 Å². The van der Waals surface area contributed by atoms with Crippen LogP contribution in [0.15, 0.2) is 54.6 Å². The average molecular weight is 223 g/mol. The minimum Gasteiger partial charge on any atom is -0.481 e. The third-order valence-corrected chi connectivity index (χ3v) is 2.18. The Morgan fingerprint density at radius 2 is 1.82 bits per heavy atom. The molecule has 0 saturated carbocycles. The quantitative estimate of drug-likeness (QED) is 0.627. The van der Waals surface area contributed by atoms with Crippen molar-refractivity contribution in [3.05, 3.63) is 60.2 Å². The molecule has 2 rings (SSSR count). The van der Waals surface area contributed by atoms with Crippen molar-refractivity contribution in [1.82, 2.24) is 0 Å². The summed E-state index contributed by atoms with van der Waals surface area (Å²) in [6.45, 7) is 0.359. The summed E-state index contributed by atoms with van der Waals surface area (Å²) < 4.78 is 5.45. The molecule has 0 amide bonds. The van der Waals surface area contributed by atoms with E-state index in [9.17, 15) is 0 Å². The van der Waals surface area contributed by atoms with Crippen molar-refractivity contribution in [1.29, 1.82) is 0 Å². The molecule has 0 heterocycles. The Morgan fingerprint density at radius 1 is 1.00 bits per heavy atom. The van der Waals surface area contributed by atoms with Gasteiger partial charge in [-0.05, 0) is 24.3 Å². The summed E-state index contributed by atoms with van der Waals surface area (Å²) in [4.78, 5) is 0. The Kier molecular flexibility index (Phi) is 3.67. The van der Waals surface area contributed by atoms with Gasteiger partial charge in [0.1, 0.15) is 12.4 Å². The molecule has 2 N–H and O–H groups in total. The molecule has 2 aromatic carbocycles. The molecule has 0 unspecified atom stereocenters. The molecule has 0 fully saturated rings. The minimum absolute atomic E-state index is 0.359. The standard InChI is InChI=1S/C15H13NO/c16-14-9-4-10-15(12-14)17-11-5-8-13-6-2-1-3-7-13/h1-4,6-7,9-10,12H,11,16H2. The first-order valence-corrected chi connectivity index (χ1v) is 5.37. The van der Waals surface area contributed by atoms with Crippen LogP contribution < -0.4 is 10.5 Å². The number of hydrogen-bond acceptors (Lipinski definition) is 2. The largest absolute Gasteiger partial charge is 0.481 e. The van der Waals surface area contributed by atoms with Gasteiger partial charge in [0.05, 0.1) is 0 Å². The van der Waals surface area contributed by atoms with Gasteiger partial charge < -0.3 is 10.5 Å². The fraction of sp³-hybridized carbons (Fsp3) is 0.0667. The zero-order valence-electron chi connectivity index (χ0n) is 9.39. The highest BCUT2D eigenvalue weighted by atomic mass is 16.5. The Balaban J connectivity index is 1.90. The van der Waals surface area contributed by atoms with Gasteiger partial charge in [-0.3, -0.25) is 0 Å². The highest BCUT2D eigenvalue weighted by Crippen LogP contribution is 2.13. The van der Waals surface area contributed by atoms with Crippen molar-refractivity contribution in [2.24, 2.45) is 0 Å². The summed E-state index contributed by atoms with van der Waals surface area (Å²) in [6, 6.07) is 17.1. The van der Waals surface area contributed by atoms with Gasteiger partial charge in [-0.2, -0.15) is 0 Å². The molecule has 0 aliphatic rings. The normalized spacial score (nSPS) is 9.18. The first-order chi connectivity index (χ1) is 8.34. The van der Waals surface area contributed by atoms with E-state index in [0.29, 0.717) is 12.3 Å². The van der Waals surface area contributed by atoms with Crippen LogP contribution in [0.1, 0.15) is 5.56 Å². The van der Waals surface area contributed by atoms with Crippen LogP contribution in [0, 0.1) is 11.8 Å². The second kappa shape index (κ2) is 5.62. The van der Waals surface area contributed by atoms with Crippen LogP contribution in [0.3, 0.4) is 0 Å². The fourth-order valence-corrected chi connectivity index (χ4v) is 1.38. The zero-order valence-corrected chi connectivity index (χ0v) is 9.39. The van der Waals surface area contributed by atoms with Crippen LogP contribution in [0.2, 0.25) is 0 Å². The predicted octanol–water partition coefficient (Wildman–Crippen LogP) is 2.70. The van der Waals surface area contributed by atoms with E-state index in [2.05, 4.69) is 11.8 Å². The fourth-order valence-electron chi connectivity index (χ4n) is 1.38. The van der Waals surface area contributed by atoms with Crippen molar-refractivity contribution in [2.75, 3.05) is 12.3 Å². The number of anilines is 1. The van der Waals surface area contributed by atoms with Crippen molar-refractivity contribution in [3.8, 4) is 17.6 Å². The molecular weight excluding hydrogens is 210 g/mol. The van der Waals surface area contributed by atoms with E-state index < -0.39 is 0 Å². The minimum atomic E-state index is 0.359. The summed E-state index contributed by atoms with van der Waals surface area (Å²) in [5.41, 5.74) is 7.32. The highest BCUT2D eigenvalue weighted by molar-refractivity contribution is 5.43.